The predicted octanol–water partition coefficient (Wildman–Crippen LogP) is 1.28. The largest absolute Gasteiger partial charge is 0.323 e. The minimum absolute atomic E-state index is 0.0172. The van der Waals surface area contributed by atoms with E-state index in [2.05, 4.69) is 5.32 Å². The van der Waals surface area contributed by atoms with Gasteiger partial charge in [0.05, 0.1) is 11.3 Å². The van der Waals surface area contributed by atoms with Crippen LogP contribution in [-0.4, -0.2) is 29.2 Å². The van der Waals surface area contributed by atoms with Gasteiger partial charge in [0.2, 0.25) is 17.7 Å². The zero-order valence-corrected chi connectivity index (χ0v) is 11.6. The molecule has 108 valence electrons. The Morgan fingerprint density at radius 1 is 1.33 bits per heavy atom. The maximum absolute atomic E-state index is 12.0. The fourth-order valence-electron chi connectivity index (χ4n) is 2.23. The van der Waals surface area contributed by atoms with Gasteiger partial charge in [0.1, 0.15) is 12.6 Å². The van der Waals surface area contributed by atoms with Crippen molar-refractivity contribution in [3.8, 4) is 6.07 Å². The topological polar surface area (TPSA) is 90.3 Å². The number of carbonyl (C=O) groups excluding carboxylic acids is 3. The van der Waals surface area contributed by atoms with E-state index in [1.807, 2.05) is 13.0 Å². The Kier molecular flexibility index (Phi) is 4.33. The standard InChI is InChI=1S/C15H15N3O3/c1-10-6-14(20)18(15(21)7-10)9-13(19)17-12-5-3-2-4-11(12)8-16/h2-5,10H,6-7,9H2,1H3,(H,17,19). The highest BCUT2D eigenvalue weighted by Crippen LogP contribution is 2.19. The van der Waals surface area contributed by atoms with Gasteiger partial charge in [-0.1, -0.05) is 19.1 Å². The number of amides is 3. The number of nitriles is 1. The zero-order chi connectivity index (χ0) is 15.4. The number of likely N-dealkylation sites (tertiary alicyclic amines) is 1. The molecule has 1 aliphatic rings. The molecule has 21 heavy (non-hydrogen) atoms. The summed E-state index contributed by atoms with van der Waals surface area (Å²) in [5.41, 5.74) is 0.700. The van der Waals surface area contributed by atoms with Crippen LogP contribution in [0.15, 0.2) is 24.3 Å². The second-order valence-electron chi connectivity index (χ2n) is 5.09. The highest BCUT2D eigenvalue weighted by Gasteiger charge is 2.31. The zero-order valence-electron chi connectivity index (χ0n) is 11.6. The second kappa shape index (κ2) is 6.18. The Balaban J connectivity index is 2.04. The molecule has 3 amide bonds. The van der Waals surface area contributed by atoms with E-state index < -0.39 is 5.91 Å². The van der Waals surface area contributed by atoms with Crippen molar-refractivity contribution < 1.29 is 14.4 Å². The molecule has 0 atom stereocenters. The first-order valence-electron chi connectivity index (χ1n) is 6.63. The fourth-order valence-corrected chi connectivity index (χ4v) is 2.23. The van der Waals surface area contributed by atoms with Crippen molar-refractivity contribution in [2.45, 2.75) is 19.8 Å². The summed E-state index contributed by atoms with van der Waals surface area (Å²) in [6, 6.07) is 8.52. The molecule has 6 nitrogen and oxygen atoms in total. The average Bonchev–Trinajstić information content (AvgIpc) is 2.43. The molecule has 0 saturated carbocycles. The Morgan fingerprint density at radius 3 is 2.57 bits per heavy atom. The minimum atomic E-state index is -0.492. The molecule has 0 bridgehead atoms. The Labute approximate surface area is 122 Å². The van der Waals surface area contributed by atoms with E-state index in [1.54, 1.807) is 24.3 Å². The van der Waals surface area contributed by atoms with Gasteiger partial charge in [-0.2, -0.15) is 5.26 Å². The Morgan fingerprint density at radius 2 is 1.95 bits per heavy atom. The van der Waals surface area contributed by atoms with Crippen LogP contribution in [0.3, 0.4) is 0 Å². The highest BCUT2D eigenvalue weighted by molar-refractivity contribution is 6.03. The number of para-hydroxylation sites is 1. The quantitative estimate of drug-likeness (QED) is 0.847. The molecule has 1 aliphatic heterocycles. The maximum atomic E-state index is 12.0. The maximum Gasteiger partial charge on any atom is 0.244 e. The lowest BCUT2D eigenvalue weighted by Gasteiger charge is -2.27. The van der Waals surface area contributed by atoms with E-state index in [0.717, 1.165) is 4.90 Å². The lowest BCUT2D eigenvalue weighted by Crippen LogP contribution is -2.46. The fraction of sp³-hybridized carbons (Fsp3) is 0.333. The first-order chi connectivity index (χ1) is 10.0. The molecule has 1 fully saturated rings. The van der Waals surface area contributed by atoms with Crippen molar-refractivity contribution in [3.05, 3.63) is 29.8 Å². The summed E-state index contributed by atoms with van der Waals surface area (Å²) in [5.74, 6) is -1.14. The molecule has 6 heteroatoms. The third kappa shape index (κ3) is 3.45. The summed E-state index contributed by atoms with van der Waals surface area (Å²) in [4.78, 5) is 36.5. The van der Waals surface area contributed by atoms with Crippen LogP contribution in [-0.2, 0) is 14.4 Å². The molecule has 0 unspecified atom stereocenters. The molecular weight excluding hydrogens is 270 g/mol. The molecule has 0 aromatic heterocycles. The minimum Gasteiger partial charge on any atom is -0.323 e. The van der Waals surface area contributed by atoms with Crippen LogP contribution in [0.4, 0.5) is 5.69 Å². The number of rotatable bonds is 3. The normalized spacial score (nSPS) is 15.7. The van der Waals surface area contributed by atoms with Crippen LogP contribution < -0.4 is 5.32 Å². The molecular formula is C15H15N3O3. The van der Waals surface area contributed by atoms with Gasteiger partial charge >= 0.3 is 0 Å². The molecule has 1 aromatic rings. The molecule has 1 saturated heterocycles. The molecule has 2 rings (SSSR count). The van der Waals surface area contributed by atoms with E-state index >= 15 is 0 Å². The Hall–Kier alpha value is -2.68. The first-order valence-corrected chi connectivity index (χ1v) is 6.63. The number of anilines is 1. The summed E-state index contributed by atoms with van der Waals surface area (Å²) in [6.45, 7) is 1.51. The van der Waals surface area contributed by atoms with Crippen LogP contribution in [0.5, 0.6) is 0 Å². The summed E-state index contributed by atoms with van der Waals surface area (Å²) in [5, 5.41) is 11.5. The number of nitrogens with one attached hydrogen (secondary N) is 1. The molecule has 0 spiro atoms. The number of nitrogens with zero attached hydrogens (tertiary/aromatic N) is 2. The molecule has 1 aromatic carbocycles. The van der Waals surface area contributed by atoms with Crippen LogP contribution in [0.25, 0.3) is 0 Å². The molecule has 1 N–H and O–H groups in total. The lowest BCUT2D eigenvalue weighted by molar-refractivity contribution is -0.151. The summed E-state index contributed by atoms with van der Waals surface area (Å²) in [7, 11) is 0. The highest BCUT2D eigenvalue weighted by atomic mass is 16.2. The van der Waals surface area contributed by atoms with Gasteiger partial charge in [-0.3, -0.25) is 19.3 Å². The van der Waals surface area contributed by atoms with Crippen molar-refractivity contribution in [1.82, 2.24) is 4.90 Å². The average molecular weight is 285 g/mol. The predicted molar refractivity (Wildman–Crippen MR) is 74.9 cm³/mol. The van der Waals surface area contributed by atoms with Gasteiger partial charge in [-0.25, -0.2) is 0 Å². The van der Waals surface area contributed by atoms with E-state index in [0.29, 0.717) is 11.3 Å². The van der Waals surface area contributed by atoms with Crippen molar-refractivity contribution >= 4 is 23.4 Å². The van der Waals surface area contributed by atoms with Crippen molar-refractivity contribution in [3.63, 3.8) is 0 Å². The van der Waals surface area contributed by atoms with Crippen molar-refractivity contribution in [2.24, 2.45) is 5.92 Å². The first kappa shape index (κ1) is 14.7. The molecule has 1 heterocycles. The van der Waals surface area contributed by atoms with Crippen LogP contribution in [0.2, 0.25) is 0 Å². The van der Waals surface area contributed by atoms with Gasteiger partial charge in [0.15, 0.2) is 0 Å². The van der Waals surface area contributed by atoms with Gasteiger partial charge in [0, 0.05) is 12.8 Å². The van der Waals surface area contributed by atoms with Crippen LogP contribution in [0, 0.1) is 17.2 Å². The Bertz CT molecular complexity index is 615. The number of benzene rings is 1. The summed E-state index contributed by atoms with van der Waals surface area (Å²) >= 11 is 0. The number of piperidine rings is 1. The lowest BCUT2D eigenvalue weighted by atomic mass is 9.98. The summed E-state index contributed by atoms with van der Waals surface area (Å²) < 4.78 is 0. The molecule has 0 aliphatic carbocycles. The summed E-state index contributed by atoms with van der Waals surface area (Å²) in [6.07, 6.45) is 0.543. The van der Waals surface area contributed by atoms with E-state index in [-0.39, 0.29) is 37.1 Å². The van der Waals surface area contributed by atoms with E-state index in [1.165, 1.54) is 0 Å². The van der Waals surface area contributed by atoms with Crippen LogP contribution >= 0.6 is 0 Å². The third-order valence-electron chi connectivity index (χ3n) is 3.27. The van der Waals surface area contributed by atoms with Crippen molar-refractivity contribution in [2.75, 3.05) is 11.9 Å². The van der Waals surface area contributed by atoms with E-state index in [4.69, 9.17) is 5.26 Å². The number of hydrogen-bond donors (Lipinski definition) is 1. The van der Waals surface area contributed by atoms with Gasteiger partial charge < -0.3 is 5.32 Å². The van der Waals surface area contributed by atoms with Crippen LogP contribution in [0.1, 0.15) is 25.3 Å². The number of hydrogen-bond acceptors (Lipinski definition) is 4. The van der Waals surface area contributed by atoms with Gasteiger partial charge in [-0.05, 0) is 18.1 Å². The molecule has 0 radical (unpaired) electrons. The van der Waals surface area contributed by atoms with Crippen molar-refractivity contribution in [1.29, 1.82) is 5.26 Å². The number of imide groups is 1. The number of carbonyl (C=O) groups is 3. The van der Waals surface area contributed by atoms with E-state index in [9.17, 15) is 14.4 Å². The smallest absolute Gasteiger partial charge is 0.244 e. The van der Waals surface area contributed by atoms with Gasteiger partial charge in [-0.15, -0.1) is 0 Å². The monoisotopic (exact) mass is 285 g/mol. The van der Waals surface area contributed by atoms with Gasteiger partial charge in [0.25, 0.3) is 0 Å². The SMILES string of the molecule is CC1CC(=O)N(CC(=O)Nc2ccccc2C#N)C(=O)C1. The second-order valence-corrected chi connectivity index (χ2v) is 5.09. The third-order valence-corrected chi connectivity index (χ3v) is 3.27.